The smallest absolute Gasteiger partial charge is 0.255 e. The number of nitrogens with two attached hydrogens (primary N) is 1. The van der Waals surface area contributed by atoms with Crippen molar-refractivity contribution >= 4 is 47.8 Å². The van der Waals surface area contributed by atoms with Gasteiger partial charge in [0.1, 0.15) is 11.6 Å². The van der Waals surface area contributed by atoms with E-state index < -0.39 is 11.7 Å². The number of hydrogen-bond donors (Lipinski definition) is 2. The Balaban J connectivity index is 0.00000210. The second kappa shape index (κ2) is 11.1. The largest absolute Gasteiger partial charge is 0.497 e. The van der Waals surface area contributed by atoms with E-state index >= 15 is 0 Å². The SMILES string of the molecule is CCN1CCN(c2ccc(C(=O)Nc3cc(OC)ccc3N)cc2F)CC1.Cl.Cl. The van der Waals surface area contributed by atoms with E-state index in [2.05, 4.69) is 17.1 Å². The molecule has 29 heavy (non-hydrogen) atoms. The van der Waals surface area contributed by atoms with Crippen molar-refractivity contribution in [3.63, 3.8) is 0 Å². The molecule has 0 radical (unpaired) electrons. The molecule has 0 aliphatic carbocycles. The highest BCUT2D eigenvalue weighted by Gasteiger charge is 2.20. The number of benzene rings is 2. The summed E-state index contributed by atoms with van der Waals surface area (Å²) in [6.45, 7) is 6.50. The van der Waals surface area contributed by atoms with Crippen molar-refractivity contribution in [2.75, 3.05) is 55.8 Å². The lowest BCUT2D eigenvalue weighted by Crippen LogP contribution is -2.46. The molecule has 1 fully saturated rings. The Hall–Kier alpha value is -2.22. The Morgan fingerprint density at radius 1 is 1.14 bits per heavy atom. The van der Waals surface area contributed by atoms with E-state index in [9.17, 15) is 9.18 Å². The number of ether oxygens (including phenoxy) is 1. The number of amides is 1. The Kier molecular flexibility index (Phi) is 9.49. The normalized spacial score (nSPS) is 13.8. The fourth-order valence-electron chi connectivity index (χ4n) is 3.17. The number of hydrogen-bond acceptors (Lipinski definition) is 5. The Morgan fingerprint density at radius 3 is 2.41 bits per heavy atom. The molecule has 0 spiro atoms. The lowest BCUT2D eigenvalue weighted by atomic mass is 10.1. The first-order chi connectivity index (χ1) is 13.0. The van der Waals surface area contributed by atoms with Crippen LogP contribution in [0.15, 0.2) is 36.4 Å². The number of carbonyl (C=O) groups is 1. The molecule has 3 rings (SSSR count). The number of piperazine rings is 1. The number of nitrogens with zero attached hydrogens (tertiary/aromatic N) is 2. The highest BCUT2D eigenvalue weighted by molar-refractivity contribution is 6.06. The summed E-state index contributed by atoms with van der Waals surface area (Å²) in [5.74, 6) is -0.241. The fraction of sp³-hybridized carbons (Fsp3) is 0.350. The van der Waals surface area contributed by atoms with Crippen LogP contribution in [0.4, 0.5) is 21.5 Å². The monoisotopic (exact) mass is 444 g/mol. The minimum absolute atomic E-state index is 0. The third-order valence-electron chi connectivity index (χ3n) is 4.88. The van der Waals surface area contributed by atoms with Gasteiger partial charge < -0.3 is 25.6 Å². The predicted molar refractivity (Wildman–Crippen MR) is 121 cm³/mol. The number of nitrogen functional groups attached to an aromatic ring is 1. The van der Waals surface area contributed by atoms with Crippen molar-refractivity contribution in [1.82, 2.24) is 4.90 Å². The molecule has 9 heteroatoms. The van der Waals surface area contributed by atoms with Crippen LogP contribution >= 0.6 is 24.8 Å². The van der Waals surface area contributed by atoms with E-state index in [0.717, 1.165) is 32.7 Å². The van der Waals surface area contributed by atoms with Crippen molar-refractivity contribution in [2.24, 2.45) is 0 Å². The zero-order valence-corrected chi connectivity index (χ0v) is 18.1. The predicted octanol–water partition coefficient (Wildman–Crippen LogP) is 3.65. The zero-order valence-electron chi connectivity index (χ0n) is 16.5. The maximum atomic E-state index is 14.6. The van der Waals surface area contributed by atoms with Gasteiger partial charge in [-0.1, -0.05) is 6.92 Å². The van der Waals surface area contributed by atoms with Gasteiger partial charge in [0.05, 0.1) is 24.2 Å². The van der Waals surface area contributed by atoms with E-state index in [1.807, 2.05) is 4.90 Å². The number of rotatable bonds is 5. The van der Waals surface area contributed by atoms with E-state index in [1.54, 1.807) is 30.3 Å². The molecular weight excluding hydrogens is 418 g/mol. The number of carbonyl (C=O) groups excluding carboxylic acids is 1. The van der Waals surface area contributed by atoms with Gasteiger partial charge in [0.15, 0.2) is 0 Å². The van der Waals surface area contributed by atoms with E-state index in [1.165, 1.54) is 13.2 Å². The molecule has 1 heterocycles. The first-order valence-electron chi connectivity index (χ1n) is 9.03. The van der Waals surface area contributed by atoms with Gasteiger partial charge in [-0.2, -0.15) is 0 Å². The first-order valence-corrected chi connectivity index (χ1v) is 9.03. The average Bonchev–Trinajstić information content (AvgIpc) is 2.69. The van der Waals surface area contributed by atoms with Crippen molar-refractivity contribution in [3.05, 3.63) is 47.8 Å². The quantitative estimate of drug-likeness (QED) is 0.688. The minimum atomic E-state index is -0.420. The van der Waals surface area contributed by atoms with Crippen LogP contribution in [0.3, 0.4) is 0 Å². The molecule has 1 saturated heterocycles. The zero-order chi connectivity index (χ0) is 19.4. The summed E-state index contributed by atoms with van der Waals surface area (Å²) in [7, 11) is 1.53. The summed E-state index contributed by atoms with van der Waals surface area (Å²) in [5, 5.41) is 2.71. The second-order valence-electron chi connectivity index (χ2n) is 6.49. The number of methoxy groups -OCH3 is 1. The molecule has 0 aromatic heterocycles. The Labute approximate surface area is 183 Å². The molecule has 1 amide bonds. The van der Waals surface area contributed by atoms with Crippen LogP contribution in [0.5, 0.6) is 5.75 Å². The van der Waals surface area contributed by atoms with Crippen LogP contribution < -0.4 is 20.7 Å². The van der Waals surface area contributed by atoms with Crippen LogP contribution in [-0.2, 0) is 0 Å². The summed E-state index contributed by atoms with van der Waals surface area (Å²) in [5.41, 5.74) is 7.50. The van der Waals surface area contributed by atoms with Gasteiger partial charge in [0, 0.05) is 37.8 Å². The summed E-state index contributed by atoms with van der Waals surface area (Å²) in [6.07, 6.45) is 0. The van der Waals surface area contributed by atoms with E-state index in [-0.39, 0.29) is 30.4 Å². The van der Waals surface area contributed by atoms with Crippen LogP contribution in [0, 0.1) is 5.82 Å². The molecule has 2 aromatic carbocycles. The molecule has 0 saturated carbocycles. The summed E-state index contributed by atoms with van der Waals surface area (Å²) in [4.78, 5) is 16.8. The van der Waals surface area contributed by atoms with Gasteiger partial charge in [-0.25, -0.2) is 4.39 Å². The molecular formula is C20H27Cl2FN4O2. The van der Waals surface area contributed by atoms with E-state index in [4.69, 9.17) is 10.5 Å². The van der Waals surface area contributed by atoms with Gasteiger partial charge in [-0.3, -0.25) is 4.79 Å². The third kappa shape index (κ3) is 5.88. The molecule has 0 unspecified atom stereocenters. The standard InChI is InChI=1S/C20H25FN4O2.2ClH/c1-3-24-8-10-25(11-9-24)19-7-4-14(12-16(19)21)20(26)23-18-13-15(27-2)5-6-17(18)22;;/h4-7,12-13H,3,8-11,22H2,1-2H3,(H,23,26);2*1H. The van der Waals surface area contributed by atoms with Gasteiger partial charge in [0.25, 0.3) is 5.91 Å². The van der Waals surface area contributed by atoms with Crippen LogP contribution in [0.1, 0.15) is 17.3 Å². The van der Waals surface area contributed by atoms with Crippen molar-refractivity contribution < 1.29 is 13.9 Å². The van der Waals surface area contributed by atoms with Gasteiger partial charge in [-0.05, 0) is 36.9 Å². The first kappa shape index (κ1) is 24.8. The van der Waals surface area contributed by atoms with E-state index in [0.29, 0.717) is 22.8 Å². The topological polar surface area (TPSA) is 70.8 Å². The van der Waals surface area contributed by atoms with Crippen LogP contribution in [-0.4, -0.2) is 50.6 Å². The molecule has 0 bridgehead atoms. The molecule has 1 aliphatic rings. The molecule has 6 nitrogen and oxygen atoms in total. The highest BCUT2D eigenvalue weighted by atomic mass is 35.5. The second-order valence-corrected chi connectivity index (χ2v) is 6.49. The maximum absolute atomic E-state index is 14.6. The molecule has 160 valence electrons. The number of likely N-dealkylation sites (N-methyl/N-ethyl adjacent to an activating group) is 1. The molecule has 1 aliphatic heterocycles. The number of nitrogens with one attached hydrogen (secondary N) is 1. The average molecular weight is 445 g/mol. The van der Waals surface area contributed by atoms with Crippen molar-refractivity contribution in [2.45, 2.75) is 6.92 Å². The van der Waals surface area contributed by atoms with Gasteiger partial charge >= 0.3 is 0 Å². The maximum Gasteiger partial charge on any atom is 0.255 e. The van der Waals surface area contributed by atoms with Gasteiger partial charge in [-0.15, -0.1) is 24.8 Å². The lowest BCUT2D eigenvalue weighted by Gasteiger charge is -2.35. The fourth-order valence-corrected chi connectivity index (χ4v) is 3.17. The number of halogens is 3. The third-order valence-corrected chi connectivity index (χ3v) is 4.88. The number of anilines is 3. The molecule has 0 atom stereocenters. The van der Waals surface area contributed by atoms with Crippen LogP contribution in [0.2, 0.25) is 0 Å². The van der Waals surface area contributed by atoms with Crippen LogP contribution in [0.25, 0.3) is 0 Å². The highest BCUT2D eigenvalue weighted by Crippen LogP contribution is 2.26. The molecule has 3 N–H and O–H groups in total. The lowest BCUT2D eigenvalue weighted by molar-refractivity contribution is 0.102. The summed E-state index contributed by atoms with van der Waals surface area (Å²) < 4.78 is 19.8. The van der Waals surface area contributed by atoms with Crippen molar-refractivity contribution in [1.29, 1.82) is 0 Å². The summed E-state index contributed by atoms with van der Waals surface area (Å²) >= 11 is 0. The minimum Gasteiger partial charge on any atom is -0.497 e. The van der Waals surface area contributed by atoms with Gasteiger partial charge in [0.2, 0.25) is 0 Å². The summed E-state index contributed by atoms with van der Waals surface area (Å²) in [6, 6.07) is 9.56. The Morgan fingerprint density at radius 2 is 1.83 bits per heavy atom. The Bertz CT molecular complexity index is 830. The van der Waals surface area contributed by atoms with Crippen molar-refractivity contribution in [3.8, 4) is 5.75 Å². The molecule has 2 aromatic rings.